The number of halogens is 3. The Kier molecular flexibility index (Phi) is 5.45. The van der Waals surface area contributed by atoms with Gasteiger partial charge in [0.05, 0.1) is 12.1 Å². The van der Waals surface area contributed by atoms with Crippen LogP contribution in [-0.4, -0.2) is 14.5 Å². The van der Waals surface area contributed by atoms with Gasteiger partial charge in [-0.15, -0.1) is 11.8 Å². The molecule has 0 atom stereocenters. The van der Waals surface area contributed by atoms with Gasteiger partial charge in [0.2, 0.25) is 0 Å². The molecule has 0 fully saturated rings. The van der Waals surface area contributed by atoms with Crippen molar-refractivity contribution < 1.29 is 13.2 Å². The van der Waals surface area contributed by atoms with E-state index in [0.717, 1.165) is 48.2 Å². The second kappa shape index (κ2) is 8.02. The summed E-state index contributed by atoms with van der Waals surface area (Å²) in [6.45, 7) is 0.440. The predicted octanol–water partition coefficient (Wildman–Crippen LogP) is 4.49. The molecular formula is C21H18F3N3OS. The molecular weight excluding hydrogens is 399 g/mol. The molecule has 0 bridgehead atoms. The van der Waals surface area contributed by atoms with E-state index in [9.17, 15) is 18.0 Å². The first kappa shape index (κ1) is 19.7. The molecule has 1 aliphatic carbocycles. The molecule has 4 nitrogen and oxygen atoms in total. The standard InChI is InChI=1S/C21H18F3N3OS/c22-21(23,24)16-4-1-3-15(11-16)13-29-19-17-5-2-6-18(17)27(20(28)26-19)12-14-7-9-25-10-8-14/h1,3-4,7-11H,2,5-6,12-13H2. The van der Waals surface area contributed by atoms with Crippen molar-refractivity contribution in [1.82, 2.24) is 14.5 Å². The molecule has 0 aliphatic heterocycles. The summed E-state index contributed by atoms with van der Waals surface area (Å²) in [6.07, 6.45) is 1.57. The third-order valence-corrected chi connectivity index (χ3v) is 6.01. The Balaban J connectivity index is 1.59. The molecule has 0 saturated heterocycles. The molecule has 2 heterocycles. The summed E-state index contributed by atoms with van der Waals surface area (Å²) >= 11 is 1.33. The summed E-state index contributed by atoms with van der Waals surface area (Å²) < 4.78 is 40.5. The first-order chi connectivity index (χ1) is 13.9. The summed E-state index contributed by atoms with van der Waals surface area (Å²) in [4.78, 5) is 20.9. The topological polar surface area (TPSA) is 47.8 Å². The van der Waals surface area contributed by atoms with Gasteiger partial charge in [0.25, 0.3) is 0 Å². The lowest BCUT2D eigenvalue weighted by atomic mass is 10.1. The van der Waals surface area contributed by atoms with Crippen molar-refractivity contribution in [3.8, 4) is 0 Å². The molecule has 29 heavy (non-hydrogen) atoms. The number of nitrogens with zero attached hydrogens (tertiary/aromatic N) is 3. The Morgan fingerprint density at radius 1 is 1.07 bits per heavy atom. The molecule has 0 spiro atoms. The number of pyridine rings is 1. The molecule has 1 aliphatic rings. The van der Waals surface area contributed by atoms with Crippen LogP contribution in [0.15, 0.2) is 58.6 Å². The molecule has 0 unspecified atom stereocenters. The maximum absolute atomic E-state index is 12.9. The van der Waals surface area contributed by atoms with E-state index >= 15 is 0 Å². The first-order valence-corrected chi connectivity index (χ1v) is 10.2. The van der Waals surface area contributed by atoms with E-state index in [1.54, 1.807) is 23.0 Å². The highest BCUT2D eigenvalue weighted by atomic mass is 32.2. The van der Waals surface area contributed by atoms with Gasteiger partial charge in [-0.05, 0) is 48.6 Å². The molecule has 8 heteroatoms. The van der Waals surface area contributed by atoms with Gasteiger partial charge >= 0.3 is 11.9 Å². The maximum Gasteiger partial charge on any atom is 0.416 e. The van der Waals surface area contributed by atoms with Crippen molar-refractivity contribution >= 4 is 11.8 Å². The molecule has 0 saturated carbocycles. The maximum atomic E-state index is 12.9. The van der Waals surface area contributed by atoms with Gasteiger partial charge in [0, 0.05) is 29.4 Å². The molecule has 3 aromatic rings. The second-order valence-corrected chi connectivity index (χ2v) is 7.87. The van der Waals surface area contributed by atoms with E-state index in [1.807, 2.05) is 12.1 Å². The summed E-state index contributed by atoms with van der Waals surface area (Å²) in [5.41, 5.74) is 2.56. The summed E-state index contributed by atoms with van der Waals surface area (Å²) in [6, 6.07) is 9.01. The highest BCUT2D eigenvalue weighted by Gasteiger charge is 2.30. The zero-order valence-electron chi connectivity index (χ0n) is 15.4. The Morgan fingerprint density at radius 2 is 1.86 bits per heavy atom. The van der Waals surface area contributed by atoms with Crippen LogP contribution in [0.4, 0.5) is 13.2 Å². The van der Waals surface area contributed by atoms with Crippen LogP contribution in [0.2, 0.25) is 0 Å². The predicted molar refractivity (Wildman–Crippen MR) is 105 cm³/mol. The van der Waals surface area contributed by atoms with Crippen molar-refractivity contribution in [3.63, 3.8) is 0 Å². The van der Waals surface area contributed by atoms with E-state index in [1.165, 1.54) is 17.8 Å². The number of rotatable bonds is 5. The van der Waals surface area contributed by atoms with Crippen LogP contribution in [0.25, 0.3) is 0 Å². The Bertz CT molecular complexity index is 1080. The van der Waals surface area contributed by atoms with E-state index in [4.69, 9.17) is 0 Å². The lowest BCUT2D eigenvalue weighted by molar-refractivity contribution is -0.137. The second-order valence-electron chi connectivity index (χ2n) is 6.91. The minimum absolute atomic E-state index is 0.325. The van der Waals surface area contributed by atoms with Gasteiger partial charge in [0.1, 0.15) is 5.03 Å². The van der Waals surface area contributed by atoms with Gasteiger partial charge in [0.15, 0.2) is 0 Å². The van der Waals surface area contributed by atoms with Crippen LogP contribution >= 0.6 is 11.8 Å². The third-order valence-electron chi connectivity index (χ3n) is 4.92. The lowest BCUT2D eigenvalue weighted by Gasteiger charge is -2.14. The third kappa shape index (κ3) is 4.37. The fourth-order valence-corrected chi connectivity index (χ4v) is 4.55. The molecule has 0 N–H and O–H groups in total. The molecule has 4 rings (SSSR count). The van der Waals surface area contributed by atoms with Crippen LogP contribution in [0.5, 0.6) is 0 Å². The number of alkyl halides is 3. The minimum atomic E-state index is -4.37. The van der Waals surface area contributed by atoms with Crippen LogP contribution in [0.3, 0.4) is 0 Å². The minimum Gasteiger partial charge on any atom is -0.292 e. The SMILES string of the molecule is O=c1nc(SCc2cccc(C(F)(F)F)c2)c2c(n1Cc1ccncc1)CCC2. The molecule has 150 valence electrons. The van der Waals surface area contributed by atoms with Gasteiger partial charge in [-0.3, -0.25) is 9.55 Å². The van der Waals surface area contributed by atoms with Gasteiger partial charge < -0.3 is 0 Å². The Morgan fingerprint density at radius 3 is 2.62 bits per heavy atom. The number of benzene rings is 1. The van der Waals surface area contributed by atoms with Crippen molar-refractivity contribution in [2.45, 2.75) is 42.8 Å². The number of aromatic nitrogens is 3. The summed E-state index contributed by atoms with van der Waals surface area (Å²) in [7, 11) is 0. The highest BCUT2D eigenvalue weighted by molar-refractivity contribution is 7.98. The highest BCUT2D eigenvalue weighted by Crippen LogP contribution is 2.33. The zero-order valence-corrected chi connectivity index (χ0v) is 16.3. The molecule has 0 amide bonds. The average molecular weight is 417 g/mol. The largest absolute Gasteiger partial charge is 0.416 e. The van der Waals surface area contributed by atoms with Crippen molar-refractivity contribution in [1.29, 1.82) is 0 Å². The van der Waals surface area contributed by atoms with E-state index < -0.39 is 11.7 Å². The van der Waals surface area contributed by atoms with Gasteiger partial charge in [-0.2, -0.15) is 18.2 Å². The van der Waals surface area contributed by atoms with Gasteiger partial charge in [-0.1, -0.05) is 18.2 Å². The quantitative estimate of drug-likeness (QED) is 0.454. The Hall–Kier alpha value is -2.61. The molecule has 2 aromatic heterocycles. The van der Waals surface area contributed by atoms with Crippen LogP contribution in [0, 0.1) is 0 Å². The number of thioether (sulfide) groups is 1. The van der Waals surface area contributed by atoms with E-state index in [-0.39, 0.29) is 5.69 Å². The first-order valence-electron chi connectivity index (χ1n) is 9.22. The number of fused-ring (bicyclic) bond motifs is 1. The van der Waals surface area contributed by atoms with Crippen LogP contribution in [0.1, 0.15) is 34.4 Å². The monoisotopic (exact) mass is 417 g/mol. The van der Waals surface area contributed by atoms with Crippen molar-refractivity contribution in [3.05, 3.63) is 87.2 Å². The lowest BCUT2D eigenvalue weighted by Crippen LogP contribution is -2.27. The zero-order chi connectivity index (χ0) is 20.4. The molecule has 0 radical (unpaired) electrons. The van der Waals surface area contributed by atoms with Gasteiger partial charge in [-0.25, -0.2) is 4.79 Å². The summed E-state index contributed by atoms with van der Waals surface area (Å²) in [5, 5.41) is 0.630. The van der Waals surface area contributed by atoms with Crippen molar-refractivity contribution in [2.24, 2.45) is 0 Å². The smallest absolute Gasteiger partial charge is 0.292 e. The fraction of sp³-hybridized carbons (Fsp3) is 0.286. The van der Waals surface area contributed by atoms with Crippen molar-refractivity contribution in [2.75, 3.05) is 0 Å². The Labute approximate surface area is 169 Å². The number of hydrogen-bond donors (Lipinski definition) is 0. The number of hydrogen-bond acceptors (Lipinski definition) is 4. The molecule has 1 aromatic carbocycles. The van der Waals surface area contributed by atoms with Crippen LogP contribution in [-0.2, 0) is 31.3 Å². The average Bonchev–Trinajstić information content (AvgIpc) is 3.19. The van der Waals surface area contributed by atoms with E-state index in [2.05, 4.69) is 9.97 Å². The normalized spacial score (nSPS) is 13.5. The fourth-order valence-electron chi connectivity index (χ4n) is 3.53. The van der Waals surface area contributed by atoms with Crippen LogP contribution < -0.4 is 5.69 Å². The van der Waals surface area contributed by atoms with E-state index in [0.29, 0.717) is 22.9 Å². The summed E-state index contributed by atoms with van der Waals surface area (Å²) in [5.74, 6) is 0.331.